The molecule has 4 heteroatoms. The molecule has 1 fully saturated rings. The summed E-state index contributed by atoms with van der Waals surface area (Å²) in [5, 5.41) is 0. The van der Waals surface area contributed by atoms with Crippen LogP contribution < -0.4 is 0 Å². The van der Waals surface area contributed by atoms with E-state index in [1.54, 1.807) is 0 Å². The highest BCUT2D eigenvalue weighted by atomic mass is 16.6. The first-order valence-electron chi connectivity index (χ1n) is 9.37. The van der Waals surface area contributed by atoms with Crippen LogP contribution in [0.5, 0.6) is 0 Å². The minimum atomic E-state index is -0.550. The third-order valence-electron chi connectivity index (χ3n) is 5.19. The molecule has 2 aromatic rings. The molecule has 1 saturated heterocycles. The summed E-state index contributed by atoms with van der Waals surface area (Å²) in [5.74, 6) is -0.178. The zero-order valence-corrected chi connectivity index (χ0v) is 16.4. The molecule has 0 N–H and O–H groups in total. The molecule has 4 nitrogen and oxygen atoms in total. The predicted molar refractivity (Wildman–Crippen MR) is 105 cm³/mol. The molecule has 0 aliphatic carbocycles. The quantitative estimate of drug-likeness (QED) is 0.745. The topological polar surface area (TPSA) is 46.6 Å². The molecule has 1 unspecified atom stereocenters. The average Bonchev–Trinajstić information content (AvgIpc) is 3.01. The Balaban J connectivity index is 1.87. The first-order valence-corrected chi connectivity index (χ1v) is 9.37. The Hall–Kier alpha value is -2.62. The van der Waals surface area contributed by atoms with Crippen LogP contribution in [0.25, 0.3) is 0 Å². The van der Waals surface area contributed by atoms with Crippen molar-refractivity contribution >= 4 is 12.0 Å². The van der Waals surface area contributed by atoms with Gasteiger partial charge in [-0.25, -0.2) is 9.69 Å². The van der Waals surface area contributed by atoms with Crippen LogP contribution in [0.1, 0.15) is 55.8 Å². The smallest absolute Gasteiger partial charge is 0.417 e. The van der Waals surface area contributed by atoms with Gasteiger partial charge < -0.3 is 4.74 Å². The summed E-state index contributed by atoms with van der Waals surface area (Å²) in [6, 6.07) is 17.5. The third-order valence-corrected chi connectivity index (χ3v) is 5.19. The standard InChI is InChI=1S/C23H27NO3/c1-16-9-8-12-18(13-16)19(23(2,3)4)14-21(25)24-20(15-27-22(24)26)17-10-6-5-7-11-17/h5-13,19-20H,14-15H2,1-4H3/t19-,20?/m1/s1. The summed E-state index contributed by atoms with van der Waals surface area (Å²) < 4.78 is 5.21. The van der Waals surface area contributed by atoms with Gasteiger partial charge in [0.25, 0.3) is 0 Å². The first kappa shape index (κ1) is 19.2. The van der Waals surface area contributed by atoms with Crippen molar-refractivity contribution in [1.82, 2.24) is 4.90 Å². The van der Waals surface area contributed by atoms with Crippen molar-refractivity contribution in [3.05, 3.63) is 71.3 Å². The zero-order valence-electron chi connectivity index (χ0n) is 16.4. The highest BCUT2D eigenvalue weighted by Crippen LogP contribution is 2.39. The van der Waals surface area contributed by atoms with Gasteiger partial charge in [0.05, 0.1) is 0 Å². The van der Waals surface area contributed by atoms with Gasteiger partial charge in [0, 0.05) is 6.42 Å². The highest BCUT2D eigenvalue weighted by Gasteiger charge is 2.40. The van der Waals surface area contributed by atoms with Gasteiger partial charge in [-0.15, -0.1) is 0 Å². The molecule has 2 atom stereocenters. The van der Waals surface area contributed by atoms with E-state index in [0.29, 0.717) is 0 Å². The summed E-state index contributed by atoms with van der Waals surface area (Å²) in [6.07, 6.45) is -0.281. The SMILES string of the molecule is Cc1cccc([C@@H](CC(=O)N2C(=O)OCC2c2ccccc2)C(C)(C)C)c1. The number of carbonyl (C=O) groups excluding carboxylic acids is 2. The van der Waals surface area contributed by atoms with Crippen molar-refractivity contribution in [1.29, 1.82) is 0 Å². The lowest BCUT2D eigenvalue weighted by molar-refractivity contribution is -0.130. The van der Waals surface area contributed by atoms with Crippen molar-refractivity contribution in [2.45, 2.75) is 46.1 Å². The Morgan fingerprint density at radius 3 is 2.48 bits per heavy atom. The van der Waals surface area contributed by atoms with E-state index in [1.807, 2.05) is 49.4 Å². The van der Waals surface area contributed by atoms with Gasteiger partial charge in [-0.3, -0.25) is 4.79 Å². The molecule has 27 heavy (non-hydrogen) atoms. The molecule has 1 aliphatic heterocycles. The number of cyclic esters (lactones) is 1. The van der Waals surface area contributed by atoms with Crippen LogP contribution in [0.4, 0.5) is 4.79 Å². The van der Waals surface area contributed by atoms with E-state index >= 15 is 0 Å². The first-order chi connectivity index (χ1) is 12.8. The molecule has 0 aromatic heterocycles. The summed E-state index contributed by atoms with van der Waals surface area (Å²) >= 11 is 0. The van der Waals surface area contributed by atoms with Gasteiger partial charge >= 0.3 is 6.09 Å². The molecular formula is C23H27NO3. The molecule has 142 valence electrons. The fourth-order valence-corrected chi connectivity index (χ4v) is 3.70. The maximum Gasteiger partial charge on any atom is 0.417 e. The lowest BCUT2D eigenvalue weighted by Crippen LogP contribution is -2.36. The Labute approximate surface area is 161 Å². The van der Waals surface area contributed by atoms with Gasteiger partial charge in [-0.05, 0) is 29.4 Å². The second-order valence-corrected chi connectivity index (χ2v) is 8.30. The molecule has 1 heterocycles. The number of imide groups is 1. The summed E-state index contributed by atoms with van der Waals surface area (Å²) in [6.45, 7) is 8.65. The molecule has 3 rings (SSSR count). The molecule has 0 saturated carbocycles. The van der Waals surface area contributed by atoms with E-state index in [-0.39, 0.29) is 36.3 Å². The van der Waals surface area contributed by atoms with Crippen LogP contribution in [-0.4, -0.2) is 23.5 Å². The second-order valence-electron chi connectivity index (χ2n) is 8.30. The Morgan fingerprint density at radius 2 is 1.85 bits per heavy atom. The van der Waals surface area contributed by atoms with Crippen molar-refractivity contribution < 1.29 is 14.3 Å². The maximum atomic E-state index is 13.2. The van der Waals surface area contributed by atoms with E-state index in [2.05, 4.69) is 32.9 Å². The van der Waals surface area contributed by atoms with E-state index in [4.69, 9.17) is 4.74 Å². The highest BCUT2D eigenvalue weighted by molar-refractivity contribution is 5.94. The molecule has 2 aromatic carbocycles. The number of hydrogen-bond donors (Lipinski definition) is 0. The molecule has 0 bridgehead atoms. The molecule has 0 radical (unpaired) electrons. The van der Waals surface area contributed by atoms with Crippen LogP contribution in [0.3, 0.4) is 0 Å². The van der Waals surface area contributed by atoms with Gasteiger partial charge in [0.15, 0.2) is 0 Å². The zero-order chi connectivity index (χ0) is 19.6. The molecule has 0 spiro atoms. The predicted octanol–water partition coefficient (Wildman–Crippen LogP) is 5.23. The Bertz CT molecular complexity index is 823. The van der Waals surface area contributed by atoms with Crippen LogP contribution in [-0.2, 0) is 9.53 Å². The normalized spacial score (nSPS) is 18.3. The van der Waals surface area contributed by atoms with Crippen molar-refractivity contribution in [2.24, 2.45) is 5.41 Å². The van der Waals surface area contributed by atoms with Gasteiger partial charge in [0.2, 0.25) is 5.91 Å². The average molecular weight is 365 g/mol. The fraction of sp³-hybridized carbons (Fsp3) is 0.391. The van der Waals surface area contributed by atoms with Gasteiger partial charge in [0.1, 0.15) is 12.6 Å². The minimum Gasteiger partial charge on any atom is -0.446 e. The number of hydrogen-bond acceptors (Lipinski definition) is 3. The van der Waals surface area contributed by atoms with Crippen LogP contribution >= 0.6 is 0 Å². The number of aryl methyl sites for hydroxylation is 1. The van der Waals surface area contributed by atoms with Crippen molar-refractivity contribution in [2.75, 3.05) is 6.61 Å². The number of carbonyl (C=O) groups is 2. The molecule has 1 aliphatic rings. The van der Waals surface area contributed by atoms with Crippen LogP contribution in [0.2, 0.25) is 0 Å². The molecule has 2 amide bonds. The van der Waals surface area contributed by atoms with E-state index in [9.17, 15) is 9.59 Å². The molecular weight excluding hydrogens is 338 g/mol. The lowest BCUT2D eigenvalue weighted by Gasteiger charge is -2.32. The summed E-state index contributed by atoms with van der Waals surface area (Å²) in [5.41, 5.74) is 3.09. The van der Waals surface area contributed by atoms with Crippen LogP contribution in [0, 0.1) is 12.3 Å². The fourth-order valence-electron chi connectivity index (χ4n) is 3.70. The van der Waals surface area contributed by atoms with Crippen molar-refractivity contribution in [3.8, 4) is 0 Å². The number of amides is 2. The third kappa shape index (κ3) is 4.21. The second kappa shape index (κ2) is 7.55. The summed E-state index contributed by atoms with van der Waals surface area (Å²) in [4.78, 5) is 26.8. The largest absolute Gasteiger partial charge is 0.446 e. The van der Waals surface area contributed by atoms with E-state index in [0.717, 1.165) is 16.7 Å². The van der Waals surface area contributed by atoms with Gasteiger partial charge in [-0.1, -0.05) is 80.9 Å². The maximum absolute atomic E-state index is 13.2. The van der Waals surface area contributed by atoms with Crippen LogP contribution in [0.15, 0.2) is 54.6 Å². The van der Waals surface area contributed by atoms with Crippen molar-refractivity contribution in [3.63, 3.8) is 0 Å². The summed E-state index contributed by atoms with van der Waals surface area (Å²) in [7, 11) is 0. The van der Waals surface area contributed by atoms with E-state index in [1.165, 1.54) is 4.90 Å². The lowest BCUT2D eigenvalue weighted by atomic mass is 9.74. The number of ether oxygens (including phenoxy) is 1. The van der Waals surface area contributed by atoms with E-state index < -0.39 is 6.09 Å². The monoisotopic (exact) mass is 365 g/mol. The number of nitrogens with zero attached hydrogens (tertiary/aromatic N) is 1. The Morgan fingerprint density at radius 1 is 1.15 bits per heavy atom. The minimum absolute atomic E-state index is 0.00900. The van der Waals surface area contributed by atoms with Gasteiger partial charge in [-0.2, -0.15) is 0 Å². The number of benzene rings is 2. The Kier molecular flexibility index (Phi) is 5.36. The number of rotatable bonds is 4.